The summed E-state index contributed by atoms with van der Waals surface area (Å²) < 4.78 is 0. The Kier molecular flexibility index (Phi) is 4.70. The van der Waals surface area contributed by atoms with Crippen LogP contribution in [0.4, 0.5) is 0 Å². The number of amides is 2. The Bertz CT molecular complexity index is 834. The van der Waals surface area contributed by atoms with E-state index in [4.69, 9.17) is 0 Å². The third kappa shape index (κ3) is 3.47. The number of piperidine rings is 1. The van der Waals surface area contributed by atoms with Crippen LogP contribution in [0.3, 0.4) is 0 Å². The molecule has 1 saturated heterocycles. The Labute approximate surface area is 158 Å². The summed E-state index contributed by atoms with van der Waals surface area (Å²) >= 11 is 0. The molecule has 7 heteroatoms. The molecule has 0 atom stereocenters. The van der Waals surface area contributed by atoms with E-state index in [2.05, 4.69) is 20.6 Å². The number of nitrogens with zero attached hydrogens (tertiary/aromatic N) is 2. The normalized spacial score (nSPS) is 18.2. The number of carbonyl (C=O) groups is 2. The molecule has 3 heterocycles. The van der Waals surface area contributed by atoms with Gasteiger partial charge in [0.15, 0.2) is 0 Å². The number of hydrogen-bond donors (Lipinski definition) is 3. The number of rotatable bonds is 3. The van der Waals surface area contributed by atoms with E-state index < -0.39 is 0 Å². The molecule has 0 aliphatic carbocycles. The van der Waals surface area contributed by atoms with Crippen LogP contribution in [-0.2, 0) is 16.8 Å². The number of carbonyl (C=O) groups excluding carboxylic acids is 2. The zero-order valence-corrected chi connectivity index (χ0v) is 15.6. The van der Waals surface area contributed by atoms with Gasteiger partial charge >= 0.3 is 0 Å². The average Bonchev–Trinajstić information content (AvgIpc) is 3.18. The van der Waals surface area contributed by atoms with E-state index in [1.54, 1.807) is 18.5 Å². The van der Waals surface area contributed by atoms with Gasteiger partial charge < -0.3 is 20.5 Å². The quantitative estimate of drug-likeness (QED) is 0.716. The van der Waals surface area contributed by atoms with E-state index >= 15 is 0 Å². The van der Waals surface area contributed by atoms with Crippen LogP contribution in [0.25, 0.3) is 0 Å². The fourth-order valence-electron chi connectivity index (χ4n) is 4.20. The molecule has 4 rings (SSSR count). The molecule has 2 aromatic rings. The van der Waals surface area contributed by atoms with Crippen LogP contribution in [0.15, 0.2) is 30.6 Å². The summed E-state index contributed by atoms with van der Waals surface area (Å²) in [5.41, 5.74) is 4.07. The lowest BCUT2D eigenvalue weighted by Gasteiger charge is -2.41. The van der Waals surface area contributed by atoms with Crippen molar-refractivity contribution in [3.63, 3.8) is 0 Å². The molecule has 1 aromatic carbocycles. The molecule has 2 amide bonds. The summed E-state index contributed by atoms with van der Waals surface area (Å²) in [6.45, 7) is 4.46. The highest BCUT2D eigenvalue weighted by molar-refractivity contribution is 5.96. The van der Waals surface area contributed by atoms with E-state index in [9.17, 15) is 9.59 Å². The van der Waals surface area contributed by atoms with Crippen LogP contribution in [0.5, 0.6) is 0 Å². The Hall–Kier alpha value is -2.67. The summed E-state index contributed by atoms with van der Waals surface area (Å²) in [7, 11) is 0. The number of nitrogens with two attached hydrogens (primary N) is 1. The van der Waals surface area contributed by atoms with Crippen molar-refractivity contribution in [3.05, 3.63) is 53.1 Å². The highest BCUT2D eigenvalue weighted by atomic mass is 16.2. The number of likely N-dealkylation sites (tertiary alicyclic amines) is 1. The number of imidazole rings is 1. The van der Waals surface area contributed by atoms with Gasteiger partial charge in [-0.15, -0.1) is 0 Å². The maximum atomic E-state index is 12.5. The van der Waals surface area contributed by atoms with Crippen molar-refractivity contribution in [2.75, 3.05) is 26.2 Å². The monoisotopic (exact) mass is 368 g/mol. The van der Waals surface area contributed by atoms with Gasteiger partial charge in [-0.1, -0.05) is 17.7 Å². The largest absolute Gasteiger partial charge is 0.348 e. The van der Waals surface area contributed by atoms with Gasteiger partial charge in [0.2, 0.25) is 5.91 Å². The van der Waals surface area contributed by atoms with Gasteiger partial charge in [-0.05, 0) is 19.1 Å². The van der Waals surface area contributed by atoms with Crippen molar-refractivity contribution in [3.8, 4) is 0 Å². The van der Waals surface area contributed by atoms with Crippen molar-refractivity contribution in [1.82, 2.24) is 20.2 Å². The van der Waals surface area contributed by atoms with Crippen LogP contribution >= 0.6 is 0 Å². The summed E-state index contributed by atoms with van der Waals surface area (Å²) in [6, 6.07) is 7.34. The summed E-state index contributed by atoms with van der Waals surface area (Å²) in [5, 5.41) is 5.13. The predicted octanol–water partition coefficient (Wildman–Crippen LogP) is 0.0853. The lowest BCUT2D eigenvalue weighted by atomic mass is 9.80. The molecule has 1 spiro atoms. The molecule has 4 N–H and O–H groups in total. The minimum Gasteiger partial charge on any atom is -0.348 e. The van der Waals surface area contributed by atoms with Crippen molar-refractivity contribution >= 4 is 11.8 Å². The molecule has 0 unspecified atom stereocenters. The smallest absolute Gasteiger partial charge is 0.251 e. The van der Waals surface area contributed by atoms with Crippen molar-refractivity contribution in [1.29, 1.82) is 0 Å². The van der Waals surface area contributed by atoms with E-state index in [1.165, 1.54) is 5.69 Å². The Balaban J connectivity index is 1.32. The molecular formula is C20H26N5O2+. The van der Waals surface area contributed by atoms with Gasteiger partial charge in [-0.25, -0.2) is 4.98 Å². The zero-order valence-electron chi connectivity index (χ0n) is 15.6. The van der Waals surface area contributed by atoms with Crippen LogP contribution in [0.1, 0.15) is 40.2 Å². The Morgan fingerprint density at radius 1 is 1.26 bits per heavy atom. The second kappa shape index (κ2) is 7.15. The number of fused-ring (bicyclic) bond motifs is 2. The molecule has 1 fully saturated rings. The average molecular weight is 368 g/mol. The van der Waals surface area contributed by atoms with Gasteiger partial charge in [0, 0.05) is 43.6 Å². The fourth-order valence-corrected chi connectivity index (χ4v) is 4.20. The number of quaternary nitrogens is 1. The van der Waals surface area contributed by atoms with E-state index in [1.807, 2.05) is 24.0 Å². The van der Waals surface area contributed by atoms with Crippen LogP contribution in [0.2, 0.25) is 0 Å². The SMILES string of the molecule is Cc1ccc(C(=O)NCC(=O)N2CCC3(CC2)[NH2+]CCc2[nH]cnc23)cc1. The Morgan fingerprint density at radius 3 is 2.74 bits per heavy atom. The maximum absolute atomic E-state index is 12.5. The predicted molar refractivity (Wildman–Crippen MR) is 100 cm³/mol. The molecule has 7 nitrogen and oxygen atoms in total. The van der Waals surface area contributed by atoms with E-state index in [0.717, 1.165) is 37.1 Å². The van der Waals surface area contributed by atoms with Crippen molar-refractivity contribution in [2.24, 2.45) is 0 Å². The molecular weight excluding hydrogens is 342 g/mol. The molecule has 0 saturated carbocycles. The number of hydrogen-bond acceptors (Lipinski definition) is 3. The highest BCUT2D eigenvalue weighted by Crippen LogP contribution is 2.31. The van der Waals surface area contributed by atoms with Gasteiger partial charge in [0.25, 0.3) is 5.91 Å². The van der Waals surface area contributed by atoms with Crippen LogP contribution < -0.4 is 10.6 Å². The second-order valence-electron chi connectivity index (χ2n) is 7.56. The first-order valence-electron chi connectivity index (χ1n) is 9.57. The lowest BCUT2D eigenvalue weighted by Crippen LogP contribution is -2.97. The zero-order chi connectivity index (χ0) is 18.9. The third-order valence-corrected chi connectivity index (χ3v) is 5.84. The number of nitrogens with one attached hydrogen (secondary N) is 2. The van der Waals surface area contributed by atoms with Crippen molar-refractivity contribution < 1.29 is 14.9 Å². The molecule has 2 aliphatic heterocycles. The maximum Gasteiger partial charge on any atom is 0.251 e. The minimum absolute atomic E-state index is 0.00445. The topological polar surface area (TPSA) is 94.7 Å². The standard InChI is InChI=1S/C20H25N5O2/c1-14-2-4-15(5-3-14)19(27)21-12-17(26)25-10-7-20(8-11-25)18-16(6-9-24-20)22-13-23-18/h2-5,13,24H,6-12H2,1H3,(H,21,27)(H,22,23)/p+1. The first kappa shape index (κ1) is 17.7. The van der Waals surface area contributed by atoms with Crippen LogP contribution in [-0.4, -0.2) is 52.9 Å². The van der Waals surface area contributed by atoms with Crippen LogP contribution in [0, 0.1) is 6.92 Å². The molecule has 0 bridgehead atoms. The van der Waals surface area contributed by atoms with E-state index in [0.29, 0.717) is 18.7 Å². The first-order chi connectivity index (χ1) is 13.1. The minimum atomic E-state index is -0.210. The molecule has 142 valence electrons. The lowest BCUT2D eigenvalue weighted by molar-refractivity contribution is -0.743. The summed E-state index contributed by atoms with van der Waals surface area (Å²) in [5.74, 6) is -0.234. The summed E-state index contributed by atoms with van der Waals surface area (Å²) in [4.78, 5) is 34.4. The number of H-pyrrole nitrogens is 1. The molecule has 0 radical (unpaired) electrons. The summed E-state index contributed by atoms with van der Waals surface area (Å²) in [6.07, 6.45) is 4.58. The number of benzene rings is 1. The third-order valence-electron chi connectivity index (χ3n) is 5.84. The Morgan fingerprint density at radius 2 is 2.00 bits per heavy atom. The fraction of sp³-hybridized carbons (Fsp3) is 0.450. The molecule has 2 aliphatic rings. The van der Waals surface area contributed by atoms with Gasteiger partial charge in [0.05, 0.1) is 19.4 Å². The second-order valence-corrected chi connectivity index (χ2v) is 7.56. The first-order valence-corrected chi connectivity index (χ1v) is 9.57. The highest BCUT2D eigenvalue weighted by Gasteiger charge is 2.45. The molecule has 27 heavy (non-hydrogen) atoms. The number of aryl methyl sites for hydroxylation is 1. The van der Waals surface area contributed by atoms with E-state index in [-0.39, 0.29) is 23.9 Å². The van der Waals surface area contributed by atoms with Gasteiger partial charge in [-0.3, -0.25) is 9.59 Å². The molecule has 1 aromatic heterocycles. The number of aromatic nitrogens is 2. The van der Waals surface area contributed by atoms with Crippen molar-refractivity contribution in [2.45, 2.75) is 31.7 Å². The van der Waals surface area contributed by atoms with Gasteiger partial charge in [-0.2, -0.15) is 0 Å². The van der Waals surface area contributed by atoms with Gasteiger partial charge in [0.1, 0.15) is 11.2 Å². The number of aromatic amines is 1.